The van der Waals surface area contributed by atoms with Crippen molar-refractivity contribution in [2.24, 2.45) is 0 Å². The monoisotopic (exact) mass is 837 g/mol. The summed E-state index contributed by atoms with van der Waals surface area (Å²) in [7, 11) is -1.52. The Morgan fingerprint density at radius 1 is 0.312 bits per heavy atom. The van der Waals surface area contributed by atoms with Crippen molar-refractivity contribution in [3.63, 3.8) is 0 Å². The molecule has 0 saturated carbocycles. The number of aryl methyl sites for hydroxylation is 1. The zero-order valence-corrected chi connectivity index (χ0v) is 36.8. The third-order valence-electron chi connectivity index (χ3n) is 12.9. The van der Waals surface area contributed by atoms with Gasteiger partial charge >= 0.3 is 0 Å². The van der Waals surface area contributed by atoms with Crippen LogP contribution in [-0.4, -0.2) is 6.26 Å². The average Bonchev–Trinajstić information content (AvgIpc) is 3.37. The van der Waals surface area contributed by atoms with E-state index in [4.69, 9.17) is 0 Å². The fraction of sp³-hybridized carbons (Fsp3) is 0.0323. The summed E-state index contributed by atoms with van der Waals surface area (Å²) in [5.74, 6) is 0. The molecule has 306 valence electrons. The normalized spacial score (nSPS) is 11.8. The van der Waals surface area contributed by atoms with Gasteiger partial charge in [0.1, 0.15) is 0 Å². The molecule has 11 aromatic rings. The summed E-state index contributed by atoms with van der Waals surface area (Å²) in [6, 6.07) is 91.7. The molecule has 1 nitrogen and oxygen atoms in total. The largest absolute Gasteiger partial charge is 0.310 e. The number of hydrogen-bond donors (Lipinski definition) is 0. The molecule has 0 amide bonds. The first-order valence-electron chi connectivity index (χ1n) is 22.0. The summed E-state index contributed by atoms with van der Waals surface area (Å²) in [6.45, 7) is 2.16. The highest BCUT2D eigenvalue weighted by atomic mass is 32.3. The second kappa shape index (κ2) is 16.6. The summed E-state index contributed by atoms with van der Waals surface area (Å²) < 4.78 is 0. The second-order valence-electron chi connectivity index (χ2n) is 16.7. The zero-order chi connectivity index (χ0) is 43.0. The van der Waals surface area contributed by atoms with E-state index in [-0.39, 0.29) is 0 Å². The summed E-state index contributed by atoms with van der Waals surface area (Å²) in [6.07, 6.45) is 2.43. The van der Waals surface area contributed by atoms with E-state index in [1.54, 1.807) is 0 Å². The molecular weight excluding hydrogens is 791 g/mol. The Labute approximate surface area is 377 Å². The van der Waals surface area contributed by atoms with Crippen LogP contribution in [0.1, 0.15) is 5.56 Å². The van der Waals surface area contributed by atoms with E-state index in [1.165, 1.54) is 85.9 Å². The van der Waals surface area contributed by atoms with Crippen molar-refractivity contribution in [1.82, 2.24) is 0 Å². The van der Waals surface area contributed by atoms with Gasteiger partial charge in [0.2, 0.25) is 0 Å². The topological polar surface area (TPSA) is 3.24 Å². The van der Waals surface area contributed by atoms with Gasteiger partial charge in [-0.15, -0.1) is 0 Å². The van der Waals surface area contributed by atoms with Crippen molar-refractivity contribution < 1.29 is 0 Å². The standard InChI is InChI=1S/C62H47NS/c1-44-32-34-48(35-33-44)63(49-36-39-53(40-37-49)64(2,51-26-14-6-15-27-51)52-28-16-7-17-29-52)50-38-41-56-59(42-50)54-30-18-19-31-55(54)61-58(46-22-10-4-11-23-46)43-57(45-20-8-3-9-21-45)60(62(56)61)47-24-12-5-13-25-47/h3-43H,1-2H3. The highest BCUT2D eigenvalue weighted by Gasteiger charge is 2.27. The number of rotatable bonds is 9. The molecular formula is C62H47NS. The predicted molar refractivity (Wildman–Crippen MR) is 276 cm³/mol. The molecule has 0 aliphatic heterocycles. The van der Waals surface area contributed by atoms with Gasteiger partial charge in [-0.2, -0.15) is 10.0 Å². The fourth-order valence-corrected chi connectivity index (χ4v) is 12.6. The smallest absolute Gasteiger partial charge is 0.0468 e. The van der Waals surface area contributed by atoms with Crippen LogP contribution in [0.15, 0.2) is 263 Å². The summed E-state index contributed by atoms with van der Waals surface area (Å²) in [5, 5.41) is 7.47. The van der Waals surface area contributed by atoms with Crippen molar-refractivity contribution in [3.8, 4) is 33.4 Å². The van der Waals surface area contributed by atoms with Crippen LogP contribution >= 0.6 is 10.0 Å². The molecule has 0 spiro atoms. The number of benzene rings is 11. The highest BCUT2D eigenvalue weighted by molar-refractivity contribution is 8.33. The van der Waals surface area contributed by atoms with Crippen LogP contribution in [0.4, 0.5) is 17.1 Å². The lowest BCUT2D eigenvalue weighted by Crippen LogP contribution is -2.10. The first kappa shape index (κ1) is 39.2. The SMILES string of the molecule is Cc1ccc(N(c2ccc(S(C)(c3ccccc3)c3ccccc3)cc2)c2ccc3c(c2)c2ccccc2c2c(-c4ccccc4)cc(-c4ccccc4)c(-c4ccccc4)c32)cc1. The van der Waals surface area contributed by atoms with Gasteiger partial charge in [-0.25, -0.2) is 0 Å². The molecule has 0 aliphatic rings. The summed E-state index contributed by atoms with van der Waals surface area (Å²) >= 11 is 0. The maximum atomic E-state index is 2.44. The van der Waals surface area contributed by atoms with Gasteiger partial charge in [0, 0.05) is 17.1 Å². The first-order valence-corrected chi connectivity index (χ1v) is 24.1. The Morgan fingerprint density at radius 2 is 0.734 bits per heavy atom. The Kier molecular flexibility index (Phi) is 10.1. The Bertz CT molecular complexity index is 3370. The lowest BCUT2D eigenvalue weighted by Gasteiger charge is -2.38. The lowest BCUT2D eigenvalue weighted by atomic mass is 9.81. The molecule has 11 aromatic carbocycles. The van der Waals surface area contributed by atoms with Crippen LogP contribution in [0.25, 0.3) is 65.7 Å². The van der Waals surface area contributed by atoms with Gasteiger partial charge in [-0.1, -0.05) is 175 Å². The van der Waals surface area contributed by atoms with Gasteiger partial charge in [-0.3, -0.25) is 0 Å². The van der Waals surface area contributed by atoms with Gasteiger partial charge in [0.25, 0.3) is 0 Å². The van der Waals surface area contributed by atoms with E-state index in [0.717, 1.165) is 17.1 Å². The number of anilines is 3. The molecule has 64 heavy (non-hydrogen) atoms. The third-order valence-corrected chi connectivity index (χ3v) is 16.5. The van der Waals surface area contributed by atoms with Crippen LogP contribution in [0.5, 0.6) is 0 Å². The number of nitrogens with zero attached hydrogens (tertiary/aromatic N) is 1. The molecule has 0 fully saturated rings. The van der Waals surface area contributed by atoms with E-state index in [1.807, 2.05) is 0 Å². The van der Waals surface area contributed by atoms with E-state index in [0.29, 0.717) is 0 Å². The first-order chi connectivity index (χ1) is 31.6. The van der Waals surface area contributed by atoms with E-state index < -0.39 is 10.0 Å². The summed E-state index contributed by atoms with van der Waals surface area (Å²) in [4.78, 5) is 6.44. The molecule has 0 radical (unpaired) electrons. The van der Waals surface area contributed by atoms with Crippen LogP contribution in [0, 0.1) is 6.92 Å². The number of hydrogen-bond acceptors (Lipinski definition) is 1. The van der Waals surface area contributed by atoms with E-state index >= 15 is 0 Å². The molecule has 0 atom stereocenters. The van der Waals surface area contributed by atoms with E-state index in [2.05, 4.69) is 267 Å². The molecule has 2 heteroatoms. The molecule has 0 aromatic heterocycles. The van der Waals surface area contributed by atoms with Crippen molar-refractivity contribution >= 4 is 59.4 Å². The van der Waals surface area contributed by atoms with Gasteiger partial charge in [0.15, 0.2) is 0 Å². The van der Waals surface area contributed by atoms with E-state index in [9.17, 15) is 0 Å². The highest BCUT2D eigenvalue weighted by Crippen LogP contribution is 2.65. The Hall–Kier alpha value is -7.65. The van der Waals surface area contributed by atoms with Crippen LogP contribution in [-0.2, 0) is 0 Å². The van der Waals surface area contributed by atoms with Crippen LogP contribution < -0.4 is 4.90 Å². The molecule has 11 rings (SSSR count). The van der Waals surface area contributed by atoms with Crippen molar-refractivity contribution in [1.29, 1.82) is 0 Å². The predicted octanol–water partition coefficient (Wildman–Crippen LogP) is 17.8. The molecule has 0 unspecified atom stereocenters. The molecule has 0 aliphatic carbocycles. The van der Waals surface area contributed by atoms with Crippen LogP contribution in [0.3, 0.4) is 0 Å². The minimum absolute atomic E-state index is 1.11. The molecule has 0 saturated heterocycles. The quantitative estimate of drug-likeness (QED) is 0.131. The molecule has 0 heterocycles. The van der Waals surface area contributed by atoms with Crippen LogP contribution in [0.2, 0.25) is 0 Å². The fourth-order valence-electron chi connectivity index (χ4n) is 9.68. The van der Waals surface area contributed by atoms with Gasteiger partial charge in [-0.05, 0) is 172 Å². The van der Waals surface area contributed by atoms with Crippen molar-refractivity contribution in [2.75, 3.05) is 11.2 Å². The minimum atomic E-state index is -1.52. The maximum Gasteiger partial charge on any atom is 0.0468 e. The third kappa shape index (κ3) is 6.84. The molecule has 0 bridgehead atoms. The number of fused-ring (bicyclic) bond motifs is 6. The lowest BCUT2D eigenvalue weighted by molar-refractivity contribution is 1.25. The second-order valence-corrected chi connectivity index (χ2v) is 19.9. The Morgan fingerprint density at radius 3 is 1.30 bits per heavy atom. The minimum Gasteiger partial charge on any atom is -0.310 e. The Balaban J connectivity index is 1.18. The van der Waals surface area contributed by atoms with Crippen molar-refractivity contribution in [2.45, 2.75) is 21.6 Å². The summed E-state index contributed by atoms with van der Waals surface area (Å²) in [5.41, 5.74) is 11.9. The average molecular weight is 838 g/mol. The van der Waals surface area contributed by atoms with Gasteiger partial charge in [0.05, 0.1) is 0 Å². The molecule has 0 N–H and O–H groups in total. The maximum absolute atomic E-state index is 2.44. The van der Waals surface area contributed by atoms with Crippen molar-refractivity contribution in [3.05, 3.63) is 254 Å². The van der Waals surface area contributed by atoms with Gasteiger partial charge < -0.3 is 4.90 Å². The zero-order valence-electron chi connectivity index (χ0n) is 36.0.